The van der Waals surface area contributed by atoms with Gasteiger partial charge in [0.05, 0.1) is 6.61 Å². The van der Waals surface area contributed by atoms with Crippen LogP contribution in [-0.2, 0) is 12.8 Å². The average Bonchev–Trinajstić information content (AvgIpc) is 2.76. The van der Waals surface area contributed by atoms with E-state index in [2.05, 4.69) is 13.0 Å². The van der Waals surface area contributed by atoms with Crippen LogP contribution in [0.25, 0.3) is 0 Å². The Morgan fingerprint density at radius 3 is 2.23 bits per heavy atom. The van der Waals surface area contributed by atoms with Crippen LogP contribution in [0.4, 0.5) is 13.2 Å². The maximum absolute atomic E-state index is 14.4. The number of unbranched alkanes of at least 4 members (excludes halogenated alkanes) is 1. The highest BCUT2D eigenvalue weighted by atomic mass is 19.2. The maximum atomic E-state index is 14.4. The molecule has 0 atom stereocenters. The van der Waals surface area contributed by atoms with Gasteiger partial charge >= 0.3 is 0 Å². The van der Waals surface area contributed by atoms with Crippen LogP contribution >= 0.6 is 0 Å². The highest BCUT2D eigenvalue weighted by molar-refractivity contribution is 5.31. The lowest BCUT2D eigenvalue weighted by atomic mass is 9.79. The first-order valence-electron chi connectivity index (χ1n) is 11.4. The maximum Gasteiger partial charge on any atom is 0.200 e. The standard InChI is InChI=1S/C26H33F3O/c1-3-5-7-20-12-13-22(16-23(20)27)19-10-8-18(9-11-19)17-30-24-15-14-21(6-4-2)25(28)26(24)29/h12-16,18-19H,3-11,17H2,1-2H3. The molecular formula is C26H33F3O. The topological polar surface area (TPSA) is 9.23 Å². The van der Waals surface area contributed by atoms with Gasteiger partial charge < -0.3 is 4.74 Å². The van der Waals surface area contributed by atoms with Gasteiger partial charge in [-0.25, -0.2) is 8.78 Å². The van der Waals surface area contributed by atoms with E-state index in [1.807, 2.05) is 13.0 Å². The Bertz CT molecular complexity index is 825. The van der Waals surface area contributed by atoms with Crippen molar-refractivity contribution in [2.45, 2.75) is 77.6 Å². The van der Waals surface area contributed by atoms with E-state index in [4.69, 9.17) is 4.74 Å². The van der Waals surface area contributed by atoms with E-state index in [0.717, 1.165) is 62.5 Å². The summed E-state index contributed by atoms with van der Waals surface area (Å²) >= 11 is 0. The number of halogens is 3. The van der Waals surface area contributed by atoms with E-state index in [9.17, 15) is 13.2 Å². The van der Waals surface area contributed by atoms with Gasteiger partial charge in [0.1, 0.15) is 5.82 Å². The fraction of sp³-hybridized carbons (Fsp3) is 0.538. The minimum absolute atomic E-state index is 0.000726. The third kappa shape index (κ3) is 5.59. The molecule has 30 heavy (non-hydrogen) atoms. The molecule has 0 heterocycles. The fourth-order valence-corrected chi connectivity index (χ4v) is 4.40. The van der Waals surface area contributed by atoms with Gasteiger partial charge in [-0.1, -0.05) is 44.9 Å². The quantitative estimate of drug-likeness (QED) is 0.404. The van der Waals surface area contributed by atoms with E-state index >= 15 is 0 Å². The van der Waals surface area contributed by atoms with Crippen molar-refractivity contribution in [3.63, 3.8) is 0 Å². The summed E-state index contributed by atoms with van der Waals surface area (Å²) in [5.41, 5.74) is 2.28. The van der Waals surface area contributed by atoms with Gasteiger partial charge in [0.25, 0.3) is 0 Å². The van der Waals surface area contributed by atoms with Crippen LogP contribution in [0, 0.1) is 23.4 Å². The number of benzene rings is 2. The molecule has 0 radical (unpaired) electrons. The van der Waals surface area contributed by atoms with Crippen molar-refractivity contribution >= 4 is 0 Å². The Hall–Kier alpha value is -1.97. The summed E-state index contributed by atoms with van der Waals surface area (Å²) in [6, 6.07) is 8.88. The Morgan fingerprint density at radius 2 is 1.57 bits per heavy atom. The molecule has 0 amide bonds. The van der Waals surface area contributed by atoms with Crippen molar-refractivity contribution in [2.24, 2.45) is 5.92 Å². The van der Waals surface area contributed by atoms with E-state index in [1.54, 1.807) is 12.1 Å². The summed E-state index contributed by atoms with van der Waals surface area (Å²) in [4.78, 5) is 0. The molecule has 0 unspecified atom stereocenters. The second kappa shape index (κ2) is 10.9. The lowest BCUT2D eigenvalue weighted by molar-refractivity contribution is 0.192. The fourth-order valence-electron chi connectivity index (χ4n) is 4.40. The van der Waals surface area contributed by atoms with Crippen molar-refractivity contribution in [3.05, 3.63) is 64.5 Å². The molecule has 2 aromatic carbocycles. The van der Waals surface area contributed by atoms with Crippen LogP contribution in [0.1, 0.15) is 81.4 Å². The van der Waals surface area contributed by atoms with Crippen LogP contribution in [0.15, 0.2) is 30.3 Å². The molecule has 0 aromatic heterocycles. The normalized spacial score (nSPS) is 19.1. The summed E-state index contributed by atoms with van der Waals surface area (Å²) in [5, 5.41) is 0. The monoisotopic (exact) mass is 418 g/mol. The van der Waals surface area contributed by atoms with Crippen molar-refractivity contribution in [1.82, 2.24) is 0 Å². The molecule has 3 rings (SSSR count). The van der Waals surface area contributed by atoms with Crippen LogP contribution in [0.2, 0.25) is 0 Å². The smallest absolute Gasteiger partial charge is 0.200 e. The van der Waals surface area contributed by atoms with Crippen LogP contribution in [-0.4, -0.2) is 6.61 Å². The molecule has 1 saturated carbocycles. The van der Waals surface area contributed by atoms with E-state index < -0.39 is 11.6 Å². The molecule has 1 aliphatic rings. The van der Waals surface area contributed by atoms with Crippen LogP contribution < -0.4 is 4.74 Å². The molecule has 0 bridgehead atoms. The Balaban J connectivity index is 1.51. The van der Waals surface area contributed by atoms with Crippen molar-refractivity contribution in [2.75, 3.05) is 6.61 Å². The first-order chi connectivity index (χ1) is 14.5. The Morgan fingerprint density at radius 1 is 0.833 bits per heavy atom. The van der Waals surface area contributed by atoms with E-state index in [1.165, 1.54) is 6.07 Å². The van der Waals surface area contributed by atoms with Gasteiger partial charge in [0.15, 0.2) is 11.6 Å². The predicted octanol–water partition coefficient (Wildman–Crippen LogP) is 7.75. The van der Waals surface area contributed by atoms with E-state index in [0.29, 0.717) is 30.4 Å². The molecule has 1 nitrogen and oxygen atoms in total. The molecule has 1 fully saturated rings. The summed E-state index contributed by atoms with van der Waals surface area (Å²) in [6.45, 7) is 4.44. The molecule has 0 N–H and O–H groups in total. The number of rotatable bonds is 9. The summed E-state index contributed by atoms with van der Waals surface area (Å²) in [7, 11) is 0. The Labute approximate surface area is 178 Å². The zero-order valence-electron chi connectivity index (χ0n) is 18.2. The number of hydrogen-bond donors (Lipinski definition) is 0. The summed E-state index contributed by atoms with van der Waals surface area (Å²) in [5.74, 6) is -1.09. The molecule has 2 aromatic rings. The lowest BCUT2D eigenvalue weighted by Crippen LogP contribution is -2.20. The highest BCUT2D eigenvalue weighted by Gasteiger charge is 2.24. The molecule has 4 heteroatoms. The van der Waals surface area contributed by atoms with Gasteiger partial charge in [0, 0.05) is 0 Å². The molecule has 0 saturated heterocycles. The van der Waals surface area contributed by atoms with Crippen molar-refractivity contribution < 1.29 is 17.9 Å². The summed E-state index contributed by atoms with van der Waals surface area (Å²) < 4.78 is 48.3. The molecule has 0 aliphatic heterocycles. The minimum Gasteiger partial charge on any atom is -0.490 e. The first kappa shape index (κ1) is 22.7. The third-order valence-corrected chi connectivity index (χ3v) is 6.32. The zero-order valence-corrected chi connectivity index (χ0v) is 18.2. The number of hydrogen-bond acceptors (Lipinski definition) is 1. The van der Waals surface area contributed by atoms with Gasteiger partial charge in [0.2, 0.25) is 5.82 Å². The first-order valence-corrected chi connectivity index (χ1v) is 11.4. The van der Waals surface area contributed by atoms with Gasteiger partial charge in [-0.3, -0.25) is 0 Å². The van der Waals surface area contributed by atoms with Crippen LogP contribution in [0.3, 0.4) is 0 Å². The SMILES string of the molecule is CCCCc1ccc(C2CCC(COc3ccc(CCC)c(F)c3F)CC2)cc1F. The molecule has 1 aliphatic carbocycles. The van der Waals surface area contributed by atoms with Crippen LogP contribution in [0.5, 0.6) is 5.75 Å². The second-order valence-corrected chi connectivity index (χ2v) is 8.58. The Kier molecular flexibility index (Phi) is 8.24. The molecular weight excluding hydrogens is 385 g/mol. The number of aryl methyl sites for hydroxylation is 2. The third-order valence-electron chi connectivity index (χ3n) is 6.32. The highest BCUT2D eigenvalue weighted by Crippen LogP contribution is 2.37. The zero-order chi connectivity index (χ0) is 21.5. The van der Waals surface area contributed by atoms with Gasteiger partial charge in [-0.15, -0.1) is 0 Å². The summed E-state index contributed by atoms with van der Waals surface area (Å²) in [6.07, 6.45) is 7.98. The largest absolute Gasteiger partial charge is 0.490 e. The van der Waals surface area contributed by atoms with E-state index in [-0.39, 0.29) is 11.6 Å². The minimum atomic E-state index is -0.881. The van der Waals surface area contributed by atoms with Gasteiger partial charge in [-0.2, -0.15) is 4.39 Å². The van der Waals surface area contributed by atoms with Gasteiger partial charge in [-0.05, 0) is 85.6 Å². The molecule has 0 spiro atoms. The second-order valence-electron chi connectivity index (χ2n) is 8.58. The number of ether oxygens (including phenoxy) is 1. The van der Waals surface area contributed by atoms with Crippen molar-refractivity contribution in [1.29, 1.82) is 0 Å². The lowest BCUT2D eigenvalue weighted by Gasteiger charge is -2.29. The predicted molar refractivity (Wildman–Crippen MR) is 116 cm³/mol. The average molecular weight is 419 g/mol. The van der Waals surface area contributed by atoms with Crippen molar-refractivity contribution in [3.8, 4) is 5.75 Å². The molecule has 164 valence electrons.